The first-order valence-corrected chi connectivity index (χ1v) is 11.7. The van der Waals surface area contributed by atoms with Crippen LogP contribution in [0.2, 0.25) is 0 Å². The lowest BCUT2D eigenvalue weighted by Crippen LogP contribution is -2.43. The number of aromatic nitrogens is 1. The van der Waals surface area contributed by atoms with Gasteiger partial charge in [-0.25, -0.2) is 0 Å². The molecule has 1 aromatic heterocycles. The standard InChI is InChI=1S/C23H27N3O2S2/c1-4-16-9-7-10-18-17(12-19-22(28)24(3)23(29)30-19)13-25(21(16)18)14-20(27)26-11-6-5-8-15(26)2/h7,9-10,12-13,15H,4-6,8,11,14H2,1-3H3/b19-12-/t15-/m1/s1. The SMILES string of the molecule is CCc1cccc2c(/C=C3\SC(=S)N(C)C3=O)cn(CC(=O)N3CCCC[C@H]3C)c12. The number of aryl methyl sites for hydroxylation is 1. The number of thioether (sulfide) groups is 1. The summed E-state index contributed by atoms with van der Waals surface area (Å²) in [7, 11) is 1.70. The molecule has 2 aliphatic heterocycles. The average Bonchev–Trinajstić information content (AvgIpc) is 3.20. The second-order valence-corrected chi connectivity index (χ2v) is 9.73. The van der Waals surface area contributed by atoms with Crippen LogP contribution >= 0.6 is 24.0 Å². The molecule has 5 nitrogen and oxygen atoms in total. The first-order valence-electron chi connectivity index (χ1n) is 10.5. The summed E-state index contributed by atoms with van der Waals surface area (Å²) in [6, 6.07) is 6.52. The molecule has 0 bridgehead atoms. The molecule has 0 saturated carbocycles. The quantitative estimate of drug-likeness (QED) is 0.520. The molecule has 30 heavy (non-hydrogen) atoms. The molecular weight excluding hydrogens is 414 g/mol. The number of amides is 2. The summed E-state index contributed by atoms with van der Waals surface area (Å²) in [5.74, 6) is 0.0900. The van der Waals surface area contributed by atoms with E-state index >= 15 is 0 Å². The topological polar surface area (TPSA) is 45.6 Å². The Morgan fingerprint density at radius 2 is 2.13 bits per heavy atom. The van der Waals surface area contributed by atoms with Crippen molar-refractivity contribution in [1.29, 1.82) is 0 Å². The van der Waals surface area contributed by atoms with Gasteiger partial charge in [-0.1, -0.05) is 49.1 Å². The molecule has 0 radical (unpaired) electrons. The van der Waals surface area contributed by atoms with Crippen molar-refractivity contribution in [2.75, 3.05) is 13.6 Å². The minimum absolute atomic E-state index is 0.0734. The third-order valence-corrected chi connectivity index (χ3v) is 7.58. The van der Waals surface area contributed by atoms with Crippen molar-refractivity contribution in [2.45, 2.75) is 52.1 Å². The van der Waals surface area contributed by atoms with Gasteiger partial charge in [0.05, 0.1) is 10.4 Å². The molecule has 2 fully saturated rings. The van der Waals surface area contributed by atoms with Crippen LogP contribution in [0.5, 0.6) is 0 Å². The fraction of sp³-hybridized carbons (Fsp3) is 0.435. The van der Waals surface area contributed by atoms with Crippen LogP contribution in [0.15, 0.2) is 29.3 Å². The van der Waals surface area contributed by atoms with Crippen LogP contribution in [0.3, 0.4) is 0 Å². The van der Waals surface area contributed by atoms with Crippen molar-refractivity contribution >= 4 is 57.1 Å². The van der Waals surface area contributed by atoms with Crippen LogP contribution in [-0.2, 0) is 22.6 Å². The van der Waals surface area contributed by atoms with Gasteiger partial charge >= 0.3 is 0 Å². The molecule has 3 heterocycles. The number of fused-ring (bicyclic) bond motifs is 1. The Bertz CT molecular complexity index is 1060. The number of hydrogen-bond acceptors (Lipinski definition) is 4. The van der Waals surface area contributed by atoms with Gasteiger partial charge in [0.2, 0.25) is 5.91 Å². The van der Waals surface area contributed by atoms with Crippen LogP contribution in [0.1, 0.15) is 44.2 Å². The predicted octanol–water partition coefficient (Wildman–Crippen LogP) is 4.44. The second kappa shape index (κ2) is 8.55. The van der Waals surface area contributed by atoms with Crippen LogP contribution in [0.25, 0.3) is 17.0 Å². The number of rotatable bonds is 4. The lowest BCUT2D eigenvalue weighted by Gasteiger charge is -2.33. The van der Waals surface area contributed by atoms with E-state index in [0.29, 0.717) is 21.8 Å². The van der Waals surface area contributed by atoms with Crippen LogP contribution in [0, 0.1) is 0 Å². The number of nitrogens with zero attached hydrogens (tertiary/aromatic N) is 3. The molecule has 0 aliphatic carbocycles. The third-order valence-electron chi connectivity index (χ3n) is 6.10. The van der Waals surface area contributed by atoms with Gasteiger partial charge in [-0.05, 0) is 44.2 Å². The first-order chi connectivity index (χ1) is 14.4. The zero-order chi connectivity index (χ0) is 21.4. The molecule has 4 rings (SSSR count). The van der Waals surface area contributed by atoms with E-state index in [9.17, 15) is 9.59 Å². The summed E-state index contributed by atoms with van der Waals surface area (Å²) in [6.45, 7) is 5.43. The number of carbonyl (C=O) groups excluding carboxylic acids is 2. The Balaban J connectivity index is 1.74. The largest absolute Gasteiger partial charge is 0.338 e. The zero-order valence-corrected chi connectivity index (χ0v) is 19.3. The van der Waals surface area contributed by atoms with E-state index in [1.54, 1.807) is 7.05 Å². The summed E-state index contributed by atoms with van der Waals surface area (Å²) in [5, 5.41) is 1.07. The van der Waals surface area contributed by atoms with Gasteiger partial charge in [0.1, 0.15) is 10.9 Å². The highest BCUT2D eigenvalue weighted by Crippen LogP contribution is 2.34. The fourth-order valence-corrected chi connectivity index (χ4v) is 5.55. The maximum atomic E-state index is 13.1. The maximum absolute atomic E-state index is 13.1. The van der Waals surface area contributed by atoms with Crippen LogP contribution in [-0.4, -0.2) is 50.1 Å². The molecule has 7 heteroatoms. The number of likely N-dealkylation sites (tertiary alicyclic amines) is 1. The van der Waals surface area contributed by atoms with Crippen LogP contribution < -0.4 is 0 Å². The number of carbonyl (C=O) groups is 2. The average molecular weight is 442 g/mol. The van der Waals surface area contributed by atoms with Crippen molar-refractivity contribution in [3.8, 4) is 0 Å². The fourth-order valence-electron chi connectivity index (χ4n) is 4.38. The Hall–Kier alpha value is -2.12. The normalized spacial score (nSPS) is 21.3. The highest BCUT2D eigenvalue weighted by Gasteiger charge is 2.29. The van der Waals surface area contributed by atoms with Gasteiger partial charge in [-0.15, -0.1) is 0 Å². The van der Waals surface area contributed by atoms with Gasteiger partial charge in [0.25, 0.3) is 5.91 Å². The summed E-state index contributed by atoms with van der Waals surface area (Å²) in [4.78, 5) is 29.8. The number of para-hydroxylation sites is 1. The summed E-state index contributed by atoms with van der Waals surface area (Å²) in [5.41, 5.74) is 3.24. The summed E-state index contributed by atoms with van der Waals surface area (Å²) < 4.78 is 2.63. The highest BCUT2D eigenvalue weighted by molar-refractivity contribution is 8.26. The lowest BCUT2D eigenvalue weighted by atomic mass is 10.0. The monoisotopic (exact) mass is 441 g/mol. The number of likely N-dealkylation sites (N-methyl/N-ethyl adjacent to an activating group) is 1. The summed E-state index contributed by atoms with van der Waals surface area (Å²) >= 11 is 6.59. The summed E-state index contributed by atoms with van der Waals surface area (Å²) in [6.07, 6.45) is 8.15. The van der Waals surface area contributed by atoms with E-state index in [-0.39, 0.29) is 11.8 Å². The first kappa shape index (κ1) is 21.1. The number of hydrogen-bond donors (Lipinski definition) is 0. The van der Waals surface area contributed by atoms with Crippen molar-refractivity contribution in [1.82, 2.24) is 14.4 Å². The molecule has 158 valence electrons. The van der Waals surface area contributed by atoms with Gasteiger partial charge in [-0.2, -0.15) is 0 Å². The van der Waals surface area contributed by atoms with Crippen molar-refractivity contribution in [3.63, 3.8) is 0 Å². The van der Waals surface area contributed by atoms with Crippen LogP contribution in [0.4, 0.5) is 0 Å². The van der Waals surface area contributed by atoms with Crippen molar-refractivity contribution in [3.05, 3.63) is 40.4 Å². The number of thiocarbonyl (C=S) groups is 1. The highest BCUT2D eigenvalue weighted by atomic mass is 32.2. The molecule has 0 unspecified atom stereocenters. The van der Waals surface area contributed by atoms with E-state index in [4.69, 9.17) is 12.2 Å². The molecule has 2 saturated heterocycles. The molecule has 1 atom stereocenters. The smallest absolute Gasteiger partial charge is 0.265 e. The molecular formula is C23H27N3O2S2. The van der Waals surface area contributed by atoms with Gasteiger partial charge in [-0.3, -0.25) is 14.5 Å². The molecule has 0 N–H and O–H groups in total. The Labute approximate surface area is 187 Å². The van der Waals surface area contributed by atoms with Crippen molar-refractivity contribution in [2.24, 2.45) is 0 Å². The third kappa shape index (κ3) is 3.81. The Morgan fingerprint density at radius 1 is 1.33 bits per heavy atom. The minimum Gasteiger partial charge on any atom is -0.338 e. The maximum Gasteiger partial charge on any atom is 0.265 e. The molecule has 1 aromatic carbocycles. The van der Waals surface area contributed by atoms with Crippen molar-refractivity contribution < 1.29 is 9.59 Å². The van der Waals surface area contributed by atoms with E-state index in [1.807, 2.05) is 23.2 Å². The van der Waals surface area contributed by atoms with E-state index in [0.717, 1.165) is 42.3 Å². The van der Waals surface area contributed by atoms with E-state index < -0.39 is 0 Å². The number of piperidine rings is 1. The number of benzene rings is 1. The van der Waals surface area contributed by atoms with Gasteiger partial charge < -0.3 is 9.47 Å². The van der Waals surface area contributed by atoms with E-state index in [2.05, 4.69) is 30.5 Å². The van der Waals surface area contributed by atoms with Gasteiger partial charge in [0.15, 0.2) is 0 Å². The zero-order valence-electron chi connectivity index (χ0n) is 17.7. The molecule has 2 aliphatic rings. The minimum atomic E-state index is -0.0734. The second-order valence-electron chi connectivity index (χ2n) is 8.05. The lowest BCUT2D eigenvalue weighted by molar-refractivity contribution is -0.135. The molecule has 2 aromatic rings. The predicted molar refractivity (Wildman–Crippen MR) is 127 cm³/mol. The Kier molecular flexibility index (Phi) is 6.02. The Morgan fingerprint density at radius 3 is 2.80 bits per heavy atom. The van der Waals surface area contributed by atoms with Gasteiger partial charge in [0, 0.05) is 36.8 Å². The molecule has 2 amide bonds. The molecule has 0 spiro atoms. The van der Waals surface area contributed by atoms with E-state index in [1.165, 1.54) is 28.6 Å².